The Kier molecular flexibility index (Phi) is 4.68. The van der Waals surface area contributed by atoms with Crippen LogP contribution < -0.4 is 10.2 Å². The van der Waals surface area contributed by atoms with Crippen molar-refractivity contribution >= 4 is 5.82 Å². The van der Waals surface area contributed by atoms with Crippen molar-refractivity contribution in [3.8, 4) is 22.8 Å². The number of piperidine rings is 1. The quantitative estimate of drug-likeness (QED) is 0.721. The Morgan fingerprint density at radius 1 is 1.33 bits per heavy atom. The van der Waals surface area contributed by atoms with Crippen molar-refractivity contribution in [1.29, 1.82) is 0 Å². The lowest BCUT2D eigenvalue weighted by atomic mass is 10.0. The van der Waals surface area contributed by atoms with Crippen molar-refractivity contribution in [1.82, 2.24) is 30.0 Å². The maximum atomic E-state index is 14.1. The first-order valence-corrected chi connectivity index (χ1v) is 8.72. The summed E-state index contributed by atoms with van der Waals surface area (Å²) in [5, 5.41) is 21.7. The van der Waals surface area contributed by atoms with Gasteiger partial charge in [-0.1, -0.05) is 0 Å². The van der Waals surface area contributed by atoms with Crippen molar-refractivity contribution in [2.75, 3.05) is 25.0 Å². The molecule has 27 heavy (non-hydrogen) atoms. The van der Waals surface area contributed by atoms with Crippen LogP contribution in [0, 0.1) is 0 Å². The molecule has 1 saturated heterocycles. The van der Waals surface area contributed by atoms with E-state index in [0.29, 0.717) is 30.2 Å². The molecule has 8 nitrogen and oxygen atoms in total. The zero-order valence-corrected chi connectivity index (χ0v) is 14.8. The third-order valence-electron chi connectivity index (χ3n) is 4.81. The molecule has 4 rings (SSSR count). The second-order valence-corrected chi connectivity index (χ2v) is 6.50. The first kappa shape index (κ1) is 17.3. The number of rotatable bonds is 4. The highest BCUT2D eigenvalue weighted by Crippen LogP contribution is 2.29. The molecule has 0 unspecified atom stereocenters. The van der Waals surface area contributed by atoms with Crippen LogP contribution in [0.4, 0.5) is 10.2 Å². The van der Waals surface area contributed by atoms with Gasteiger partial charge in [0.25, 0.3) is 0 Å². The molecule has 0 spiro atoms. The largest absolute Gasteiger partial charge is 0.507 e. The lowest BCUT2D eigenvalue weighted by molar-refractivity contribution is 0.227. The first-order chi connectivity index (χ1) is 13.1. The van der Waals surface area contributed by atoms with Crippen LogP contribution in [0.2, 0.25) is 0 Å². The van der Waals surface area contributed by atoms with E-state index < -0.39 is 6.17 Å². The van der Waals surface area contributed by atoms with Gasteiger partial charge in [0.05, 0.1) is 29.8 Å². The van der Waals surface area contributed by atoms with Crippen molar-refractivity contribution in [3.63, 3.8) is 0 Å². The number of benzene rings is 1. The maximum Gasteiger partial charge on any atom is 0.185 e. The molecule has 1 aliphatic heterocycles. The Labute approximate surface area is 155 Å². The summed E-state index contributed by atoms with van der Waals surface area (Å²) in [6.07, 6.45) is 6.38. The van der Waals surface area contributed by atoms with Gasteiger partial charge in [0.2, 0.25) is 0 Å². The number of aromatic nitrogens is 5. The van der Waals surface area contributed by atoms with Crippen LogP contribution in [0.5, 0.6) is 5.75 Å². The normalized spacial score (nSPS) is 19.8. The first-order valence-electron chi connectivity index (χ1n) is 8.72. The van der Waals surface area contributed by atoms with Gasteiger partial charge in [0.15, 0.2) is 11.6 Å². The van der Waals surface area contributed by atoms with E-state index in [2.05, 4.69) is 25.5 Å². The van der Waals surface area contributed by atoms with E-state index in [1.54, 1.807) is 53.6 Å². The standard InChI is InChI=1S/C18H20FN7O/c1-25(15-4-5-20-9-14(15)19)17-10-22-18(24-23-17)13-3-2-12(8-16(13)27)26-7-6-21-11-26/h2-3,6-8,10-11,14-15,20,27H,4-5,9H2,1H3/t14-,15+/m1/s1. The van der Waals surface area contributed by atoms with Gasteiger partial charge in [0, 0.05) is 32.1 Å². The Morgan fingerprint density at radius 3 is 2.89 bits per heavy atom. The molecule has 2 aromatic heterocycles. The number of nitrogens with zero attached hydrogens (tertiary/aromatic N) is 6. The minimum atomic E-state index is -0.968. The van der Waals surface area contributed by atoms with Crippen molar-refractivity contribution in [2.24, 2.45) is 0 Å². The number of alkyl halides is 1. The number of imidazole rings is 1. The Hall–Kier alpha value is -3.07. The maximum absolute atomic E-state index is 14.1. The van der Waals surface area contributed by atoms with Gasteiger partial charge in [-0.15, -0.1) is 10.2 Å². The van der Waals surface area contributed by atoms with Gasteiger partial charge in [-0.3, -0.25) is 0 Å². The minimum Gasteiger partial charge on any atom is -0.507 e. The molecule has 1 aromatic carbocycles. The van der Waals surface area contributed by atoms with Gasteiger partial charge >= 0.3 is 0 Å². The third-order valence-corrected chi connectivity index (χ3v) is 4.81. The molecule has 2 N–H and O–H groups in total. The number of halogens is 1. The summed E-state index contributed by atoms with van der Waals surface area (Å²) in [7, 11) is 1.80. The van der Waals surface area contributed by atoms with Crippen LogP contribution in [-0.2, 0) is 0 Å². The molecule has 0 aliphatic carbocycles. The molecule has 0 bridgehead atoms. The van der Waals surface area contributed by atoms with Crippen LogP contribution in [0.1, 0.15) is 6.42 Å². The highest BCUT2D eigenvalue weighted by atomic mass is 19.1. The number of aromatic hydroxyl groups is 1. The highest BCUT2D eigenvalue weighted by molar-refractivity contribution is 5.66. The Balaban J connectivity index is 1.55. The summed E-state index contributed by atoms with van der Waals surface area (Å²) >= 11 is 0. The molecule has 1 aliphatic rings. The highest BCUT2D eigenvalue weighted by Gasteiger charge is 2.29. The average Bonchev–Trinajstić information content (AvgIpc) is 3.23. The second-order valence-electron chi connectivity index (χ2n) is 6.50. The van der Waals surface area contributed by atoms with E-state index in [1.807, 2.05) is 6.07 Å². The lowest BCUT2D eigenvalue weighted by Crippen LogP contribution is -2.50. The van der Waals surface area contributed by atoms with E-state index in [9.17, 15) is 9.50 Å². The predicted octanol–water partition coefficient (Wildman–Crippen LogP) is 1.57. The van der Waals surface area contributed by atoms with Crippen LogP contribution in [-0.4, -0.2) is 62.2 Å². The summed E-state index contributed by atoms with van der Waals surface area (Å²) in [4.78, 5) is 10.1. The van der Waals surface area contributed by atoms with Gasteiger partial charge < -0.3 is 19.9 Å². The molecule has 0 radical (unpaired) electrons. The van der Waals surface area contributed by atoms with Crippen LogP contribution >= 0.6 is 0 Å². The molecule has 3 aromatic rings. The van der Waals surface area contributed by atoms with Gasteiger partial charge in [-0.2, -0.15) is 0 Å². The zero-order chi connectivity index (χ0) is 18.8. The molecule has 0 saturated carbocycles. The smallest absolute Gasteiger partial charge is 0.185 e. The van der Waals surface area contributed by atoms with Gasteiger partial charge in [0.1, 0.15) is 11.9 Å². The van der Waals surface area contributed by atoms with Crippen molar-refractivity contribution in [2.45, 2.75) is 18.6 Å². The molecular formula is C18H20FN7O. The third kappa shape index (κ3) is 3.45. The van der Waals surface area contributed by atoms with Crippen LogP contribution in [0.15, 0.2) is 43.1 Å². The Bertz CT molecular complexity index is 901. The fourth-order valence-corrected chi connectivity index (χ4v) is 3.25. The average molecular weight is 369 g/mol. The predicted molar refractivity (Wildman–Crippen MR) is 98.6 cm³/mol. The van der Waals surface area contributed by atoms with Gasteiger partial charge in [-0.05, 0) is 25.1 Å². The number of anilines is 1. The number of nitrogens with one attached hydrogen (secondary N) is 1. The van der Waals surface area contributed by atoms with Gasteiger partial charge in [-0.25, -0.2) is 14.4 Å². The summed E-state index contributed by atoms with van der Waals surface area (Å²) < 4.78 is 15.9. The molecular weight excluding hydrogens is 349 g/mol. The van der Waals surface area contributed by atoms with Crippen molar-refractivity contribution in [3.05, 3.63) is 43.1 Å². The molecule has 2 atom stereocenters. The van der Waals surface area contributed by atoms with E-state index >= 15 is 0 Å². The SMILES string of the molecule is CN(c1cnc(-c2ccc(-n3ccnc3)cc2O)nn1)[C@H]1CCNC[C@H]1F. The van der Waals surface area contributed by atoms with E-state index in [-0.39, 0.29) is 11.8 Å². The molecule has 1 fully saturated rings. The molecule has 9 heteroatoms. The fourth-order valence-electron chi connectivity index (χ4n) is 3.25. The fraction of sp³-hybridized carbons (Fsp3) is 0.333. The summed E-state index contributed by atoms with van der Waals surface area (Å²) in [5.74, 6) is 0.859. The Morgan fingerprint density at radius 2 is 2.22 bits per heavy atom. The topological polar surface area (TPSA) is 92.0 Å². The van der Waals surface area contributed by atoms with Crippen molar-refractivity contribution < 1.29 is 9.50 Å². The van der Waals surface area contributed by atoms with Crippen LogP contribution in [0.3, 0.4) is 0 Å². The number of hydrogen-bond acceptors (Lipinski definition) is 7. The summed E-state index contributed by atoms with van der Waals surface area (Å²) in [6, 6.07) is 4.93. The number of hydrogen-bond donors (Lipinski definition) is 2. The van der Waals surface area contributed by atoms with Crippen LogP contribution in [0.25, 0.3) is 17.1 Å². The van der Waals surface area contributed by atoms with E-state index in [0.717, 1.165) is 12.2 Å². The van der Waals surface area contributed by atoms with E-state index in [1.165, 1.54) is 0 Å². The number of phenols is 1. The lowest BCUT2D eigenvalue weighted by Gasteiger charge is -2.34. The zero-order valence-electron chi connectivity index (χ0n) is 14.8. The molecule has 3 heterocycles. The summed E-state index contributed by atoms with van der Waals surface area (Å²) in [5.41, 5.74) is 1.25. The molecule has 0 amide bonds. The number of phenolic OH excluding ortho intramolecular Hbond substituents is 1. The monoisotopic (exact) mass is 369 g/mol. The summed E-state index contributed by atoms with van der Waals surface area (Å²) in [6.45, 7) is 1.11. The minimum absolute atomic E-state index is 0.0475. The molecule has 140 valence electrons. The van der Waals surface area contributed by atoms with E-state index in [4.69, 9.17) is 0 Å². The second kappa shape index (κ2) is 7.28.